The van der Waals surface area contributed by atoms with Crippen molar-refractivity contribution in [3.63, 3.8) is 0 Å². The molecule has 8 heteroatoms. The Morgan fingerprint density at radius 1 is 0.938 bits per heavy atom. The second-order valence-corrected chi connectivity index (χ2v) is 10.2. The standard InChI is InChI=1S/C24H24ClN2O4P/c25-18-15-16-26-22(17-18)24(28)27-21-13-7-8-14-23(21)32(29,30-19-9-3-1-4-10-19)31-20-11-5-2-6-12-20/h1-6,9-12,15-17,21,23H,7-8,13-14H2,(H,27,28)/t21-,23-/m1/s1. The van der Waals surface area contributed by atoms with Gasteiger partial charge in [-0.15, -0.1) is 0 Å². The second kappa shape index (κ2) is 10.2. The van der Waals surface area contributed by atoms with Crippen LogP contribution in [-0.4, -0.2) is 22.6 Å². The number of carbonyl (C=O) groups is 1. The van der Waals surface area contributed by atoms with Gasteiger partial charge in [0.1, 0.15) is 22.9 Å². The first-order chi connectivity index (χ1) is 15.5. The molecule has 0 spiro atoms. The summed E-state index contributed by atoms with van der Waals surface area (Å²) in [4.78, 5) is 17.0. The zero-order valence-electron chi connectivity index (χ0n) is 17.4. The van der Waals surface area contributed by atoms with Crippen LogP contribution in [0.25, 0.3) is 0 Å². The molecule has 2 atom stereocenters. The smallest absolute Gasteiger partial charge is 0.416 e. The predicted molar refractivity (Wildman–Crippen MR) is 125 cm³/mol. The normalized spacial score (nSPS) is 18.5. The zero-order valence-corrected chi connectivity index (χ0v) is 19.0. The summed E-state index contributed by atoms with van der Waals surface area (Å²) < 4.78 is 26.3. The summed E-state index contributed by atoms with van der Waals surface area (Å²) in [6.45, 7) is 0. The quantitative estimate of drug-likeness (QED) is 0.420. The highest BCUT2D eigenvalue weighted by atomic mass is 35.5. The van der Waals surface area contributed by atoms with Crippen LogP contribution in [0, 0.1) is 0 Å². The Hall–Kier alpha value is -2.82. The van der Waals surface area contributed by atoms with Crippen molar-refractivity contribution in [3.05, 3.63) is 89.7 Å². The van der Waals surface area contributed by atoms with Crippen LogP contribution >= 0.6 is 19.2 Å². The highest BCUT2D eigenvalue weighted by molar-refractivity contribution is 7.55. The lowest BCUT2D eigenvalue weighted by molar-refractivity contribution is 0.0922. The molecule has 1 aromatic heterocycles. The van der Waals surface area contributed by atoms with Gasteiger partial charge in [0, 0.05) is 17.3 Å². The van der Waals surface area contributed by atoms with E-state index in [1.165, 1.54) is 12.3 Å². The largest absolute Gasteiger partial charge is 0.435 e. The van der Waals surface area contributed by atoms with Gasteiger partial charge in [-0.2, -0.15) is 0 Å². The van der Waals surface area contributed by atoms with Crippen molar-refractivity contribution in [3.8, 4) is 11.5 Å². The van der Waals surface area contributed by atoms with Crippen molar-refractivity contribution in [2.75, 3.05) is 0 Å². The van der Waals surface area contributed by atoms with Gasteiger partial charge in [0.25, 0.3) is 5.91 Å². The minimum absolute atomic E-state index is 0.213. The lowest BCUT2D eigenvalue weighted by Gasteiger charge is -2.36. The maximum absolute atomic E-state index is 14.3. The molecule has 6 nitrogen and oxygen atoms in total. The van der Waals surface area contributed by atoms with Gasteiger partial charge in [-0.25, -0.2) is 4.57 Å². The molecule has 166 valence electrons. The van der Waals surface area contributed by atoms with Crippen LogP contribution in [0.1, 0.15) is 36.2 Å². The molecule has 1 fully saturated rings. The zero-order chi connectivity index (χ0) is 22.4. The van der Waals surface area contributed by atoms with Gasteiger partial charge in [-0.05, 0) is 49.2 Å². The van der Waals surface area contributed by atoms with Crippen molar-refractivity contribution >= 4 is 25.1 Å². The number of hydrogen-bond donors (Lipinski definition) is 1. The number of halogens is 1. The van der Waals surface area contributed by atoms with E-state index >= 15 is 0 Å². The first kappa shape index (κ1) is 22.4. The van der Waals surface area contributed by atoms with E-state index in [9.17, 15) is 9.36 Å². The molecule has 3 aromatic rings. The number of rotatable bonds is 7. The van der Waals surface area contributed by atoms with Crippen molar-refractivity contribution < 1.29 is 18.4 Å². The number of amides is 1. The van der Waals surface area contributed by atoms with E-state index < -0.39 is 19.3 Å². The van der Waals surface area contributed by atoms with Crippen molar-refractivity contribution in [1.82, 2.24) is 10.3 Å². The molecule has 1 heterocycles. The molecule has 1 aliphatic rings. The SMILES string of the molecule is O=C(N[C@@H]1CCCC[C@H]1P(=O)(Oc1ccccc1)Oc1ccccc1)c1cc(Cl)ccn1. The van der Waals surface area contributed by atoms with Crippen LogP contribution in [0.15, 0.2) is 79.0 Å². The molecular weight excluding hydrogens is 447 g/mol. The number of carbonyl (C=O) groups excluding carboxylic acids is 1. The summed E-state index contributed by atoms with van der Waals surface area (Å²) in [6, 6.07) is 20.7. The molecule has 1 N–H and O–H groups in total. The van der Waals surface area contributed by atoms with Crippen LogP contribution in [0.4, 0.5) is 0 Å². The second-order valence-electron chi connectivity index (χ2n) is 7.64. The molecule has 1 saturated carbocycles. The molecule has 32 heavy (non-hydrogen) atoms. The van der Waals surface area contributed by atoms with Gasteiger partial charge in [0.15, 0.2) is 0 Å². The highest BCUT2D eigenvalue weighted by Crippen LogP contribution is 2.57. The van der Waals surface area contributed by atoms with Gasteiger partial charge in [-0.3, -0.25) is 9.78 Å². The van der Waals surface area contributed by atoms with Crippen molar-refractivity contribution in [2.24, 2.45) is 0 Å². The number of para-hydroxylation sites is 2. The third-order valence-corrected chi connectivity index (χ3v) is 7.95. The summed E-state index contributed by atoms with van der Waals surface area (Å²) in [6.07, 6.45) is 4.52. The van der Waals surface area contributed by atoms with E-state index in [0.29, 0.717) is 29.4 Å². The monoisotopic (exact) mass is 470 g/mol. The molecule has 4 rings (SSSR count). The lowest BCUT2D eigenvalue weighted by Crippen LogP contribution is -2.46. The Bertz CT molecular complexity index is 1050. The molecule has 0 bridgehead atoms. The Balaban J connectivity index is 1.62. The minimum atomic E-state index is -3.71. The first-order valence-electron chi connectivity index (χ1n) is 10.5. The summed E-state index contributed by atoms with van der Waals surface area (Å²) in [7, 11) is -3.71. The summed E-state index contributed by atoms with van der Waals surface area (Å²) in [5.74, 6) is 0.549. The number of pyridine rings is 1. The van der Waals surface area contributed by atoms with Crippen LogP contribution in [-0.2, 0) is 4.57 Å². The molecule has 0 saturated heterocycles. The Morgan fingerprint density at radius 3 is 2.12 bits per heavy atom. The molecule has 0 aliphatic heterocycles. The van der Waals surface area contributed by atoms with Crippen LogP contribution < -0.4 is 14.4 Å². The van der Waals surface area contributed by atoms with Crippen molar-refractivity contribution in [1.29, 1.82) is 0 Å². The highest BCUT2D eigenvalue weighted by Gasteiger charge is 2.46. The fraction of sp³-hybridized carbons (Fsp3) is 0.250. The average molecular weight is 471 g/mol. The third-order valence-electron chi connectivity index (χ3n) is 5.36. The van der Waals surface area contributed by atoms with E-state index in [-0.39, 0.29) is 11.6 Å². The van der Waals surface area contributed by atoms with Gasteiger partial charge in [0.05, 0.1) is 0 Å². The van der Waals surface area contributed by atoms with Gasteiger partial charge >= 0.3 is 7.60 Å². The molecule has 2 aromatic carbocycles. The molecular formula is C24H24ClN2O4P. The number of nitrogens with zero attached hydrogens (tertiary/aromatic N) is 1. The van der Waals surface area contributed by atoms with Crippen LogP contribution in [0.5, 0.6) is 11.5 Å². The number of hydrogen-bond acceptors (Lipinski definition) is 5. The number of aromatic nitrogens is 1. The first-order valence-corrected chi connectivity index (χ1v) is 12.5. The lowest BCUT2D eigenvalue weighted by atomic mass is 9.94. The molecule has 0 unspecified atom stereocenters. The molecule has 1 amide bonds. The Labute approximate surface area is 192 Å². The van der Waals surface area contributed by atoms with E-state index in [1.54, 1.807) is 30.3 Å². The average Bonchev–Trinajstić information content (AvgIpc) is 2.80. The fourth-order valence-electron chi connectivity index (χ4n) is 3.84. The van der Waals surface area contributed by atoms with E-state index in [1.807, 2.05) is 36.4 Å². The van der Waals surface area contributed by atoms with Crippen LogP contribution in [0.2, 0.25) is 5.02 Å². The van der Waals surface area contributed by atoms with Gasteiger partial charge in [0.2, 0.25) is 0 Å². The van der Waals surface area contributed by atoms with Crippen LogP contribution in [0.3, 0.4) is 0 Å². The van der Waals surface area contributed by atoms with Crippen molar-refractivity contribution in [2.45, 2.75) is 37.4 Å². The molecule has 0 radical (unpaired) electrons. The summed E-state index contributed by atoms with van der Waals surface area (Å²) in [5, 5.41) is 3.42. The predicted octanol–water partition coefficient (Wildman–Crippen LogP) is 6.13. The Kier molecular flexibility index (Phi) is 7.13. The maximum Gasteiger partial charge on any atom is 0.435 e. The van der Waals surface area contributed by atoms with Gasteiger partial charge in [-0.1, -0.05) is 60.8 Å². The van der Waals surface area contributed by atoms with Gasteiger partial charge < -0.3 is 14.4 Å². The van der Waals surface area contributed by atoms with E-state index in [0.717, 1.165) is 12.8 Å². The molecule has 1 aliphatic carbocycles. The topological polar surface area (TPSA) is 77.5 Å². The maximum atomic E-state index is 14.3. The van der Waals surface area contributed by atoms with E-state index in [4.69, 9.17) is 20.6 Å². The summed E-state index contributed by atoms with van der Waals surface area (Å²) >= 11 is 6.01. The fourth-order valence-corrected chi connectivity index (χ4v) is 6.30. The Morgan fingerprint density at radius 2 is 1.53 bits per heavy atom. The minimum Gasteiger partial charge on any atom is -0.416 e. The van der Waals surface area contributed by atoms with E-state index in [2.05, 4.69) is 10.3 Å². The number of benzene rings is 2. The third kappa shape index (κ3) is 5.50. The summed E-state index contributed by atoms with van der Waals surface area (Å²) in [5.41, 5.74) is -0.301. The number of nitrogens with one attached hydrogen (secondary N) is 1.